The van der Waals surface area contributed by atoms with E-state index in [1.807, 2.05) is 18.2 Å². The quantitative estimate of drug-likeness (QED) is 0.794. The number of halogens is 2. The molecule has 1 unspecified atom stereocenters. The zero-order valence-electron chi connectivity index (χ0n) is 11.1. The van der Waals surface area contributed by atoms with Crippen molar-refractivity contribution >= 4 is 10.8 Å². The van der Waals surface area contributed by atoms with E-state index in [9.17, 15) is 13.9 Å². The molecule has 1 heterocycles. The Labute approximate surface area is 120 Å². The fraction of sp³-hybridized carbons (Fsp3) is 0.118. The third-order valence-corrected chi connectivity index (χ3v) is 3.50. The van der Waals surface area contributed by atoms with Gasteiger partial charge >= 0.3 is 0 Å². The van der Waals surface area contributed by atoms with Gasteiger partial charge in [-0.3, -0.25) is 4.98 Å². The third-order valence-electron chi connectivity index (χ3n) is 3.50. The van der Waals surface area contributed by atoms with Crippen LogP contribution in [0.5, 0.6) is 0 Å². The highest BCUT2D eigenvalue weighted by atomic mass is 19.1. The van der Waals surface area contributed by atoms with Gasteiger partial charge in [-0.1, -0.05) is 24.3 Å². The van der Waals surface area contributed by atoms with Gasteiger partial charge in [0.25, 0.3) is 0 Å². The maximum absolute atomic E-state index is 13.7. The zero-order valence-corrected chi connectivity index (χ0v) is 11.1. The third kappa shape index (κ3) is 2.76. The number of hydrogen-bond acceptors (Lipinski definition) is 2. The lowest BCUT2D eigenvalue weighted by Crippen LogP contribution is -2.04. The van der Waals surface area contributed by atoms with Crippen molar-refractivity contribution < 1.29 is 13.9 Å². The van der Waals surface area contributed by atoms with Gasteiger partial charge in [0.2, 0.25) is 0 Å². The van der Waals surface area contributed by atoms with Crippen LogP contribution in [0.15, 0.2) is 54.9 Å². The molecule has 3 aromatic rings. The summed E-state index contributed by atoms with van der Waals surface area (Å²) in [5, 5.41) is 12.2. The van der Waals surface area contributed by atoms with Gasteiger partial charge < -0.3 is 5.11 Å². The second-order valence-corrected chi connectivity index (χ2v) is 4.90. The van der Waals surface area contributed by atoms with E-state index < -0.39 is 17.7 Å². The molecule has 0 amide bonds. The molecule has 0 aliphatic carbocycles. The predicted molar refractivity (Wildman–Crippen MR) is 76.8 cm³/mol. The van der Waals surface area contributed by atoms with E-state index in [-0.39, 0.29) is 12.0 Å². The molecule has 1 N–H and O–H groups in total. The van der Waals surface area contributed by atoms with Crippen molar-refractivity contribution in [2.24, 2.45) is 0 Å². The van der Waals surface area contributed by atoms with Crippen LogP contribution in [0, 0.1) is 11.6 Å². The van der Waals surface area contributed by atoms with Crippen LogP contribution in [-0.2, 0) is 6.42 Å². The lowest BCUT2D eigenvalue weighted by molar-refractivity contribution is 0.178. The minimum absolute atomic E-state index is 0.0908. The number of aromatic nitrogens is 1. The molecule has 106 valence electrons. The number of hydrogen-bond donors (Lipinski definition) is 1. The molecule has 0 saturated heterocycles. The van der Waals surface area contributed by atoms with Gasteiger partial charge in [0.15, 0.2) is 0 Å². The molecule has 0 fully saturated rings. The van der Waals surface area contributed by atoms with Gasteiger partial charge in [-0.2, -0.15) is 0 Å². The molecule has 1 atom stereocenters. The average Bonchev–Trinajstić information content (AvgIpc) is 2.49. The monoisotopic (exact) mass is 285 g/mol. The molecule has 21 heavy (non-hydrogen) atoms. The summed E-state index contributed by atoms with van der Waals surface area (Å²) < 4.78 is 26.6. The lowest BCUT2D eigenvalue weighted by Gasteiger charge is -2.14. The number of fused-ring (bicyclic) bond motifs is 1. The van der Waals surface area contributed by atoms with Gasteiger partial charge in [-0.05, 0) is 28.6 Å². The Hall–Kier alpha value is -2.33. The van der Waals surface area contributed by atoms with Crippen molar-refractivity contribution in [2.45, 2.75) is 12.5 Å². The van der Waals surface area contributed by atoms with Crippen molar-refractivity contribution in [1.29, 1.82) is 0 Å². The van der Waals surface area contributed by atoms with Gasteiger partial charge in [0.05, 0.1) is 6.10 Å². The Bertz CT molecular complexity index is 783. The van der Waals surface area contributed by atoms with E-state index in [2.05, 4.69) is 4.98 Å². The first-order valence-electron chi connectivity index (χ1n) is 6.60. The van der Waals surface area contributed by atoms with Crippen LogP contribution < -0.4 is 0 Å². The molecule has 0 aliphatic rings. The molecule has 2 nitrogen and oxygen atoms in total. The van der Waals surface area contributed by atoms with E-state index in [4.69, 9.17) is 0 Å². The Morgan fingerprint density at radius 3 is 2.76 bits per heavy atom. The Balaban J connectivity index is 1.95. The van der Waals surface area contributed by atoms with E-state index in [1.165, 1.54) is 12.1 Å². The molecular weight excluding hydrogens is 272 g/mol. The number of aliphatic hydroxyl groups excluding tert-OH is 1. The maximum Gasteiger partial charge on any atom is 0.129 e. The van der Waals surface area contributed by atoms with Gasteiger partial charge in [-0.25, -0.2) is 8.78 Å². The molecule has 0 radical (unpaired) electrons. The van der Waals surface area contributed by atoms with Gasteiger partial charge in [-0.15, -0.1) is 0 Å². The van der Waals surface area contributed by atoms with Crippen LogP contribution >= 0.6 is 0 Å². The summed E-state index contributed by atoms with van der Waals surface area (Å²) >= 11 is 0. The minimum Gasteiger partial charge on any atom is -0.388 e. The zero-order chi connectivity index (χ0) is 14.8. The summed E-state index contributed by atoms with van der Waals surface area (Å²) in [6.45, 7) is 0. The molecule has 0 bridgehead atoms. The summed E-state index contributed by atoms with van der Waals surface area (Å²) in [5.74, 6) is -1.27. The van der Waals surface area contributed by atoms with Crippen LogP contribution in [0.25, 0.3) is 10.8 Å². The number of aliphatic hydroxyl groups is 1. The summed E-state index contributed by atoms with van der Waals surface area (Å²) in [6.07, 6.45) is 2.59. The second kappa shape index (κ2) is 5.58. The lowest BCUT2D eigenvalue weighted by atomic mass is 9.97. The smallest absolute Gasteiger partial charge is 0.129 e. The maximum atomic E-state index is 13.7. The molecule has 0 spiro atoms. The number of rotatable bonds is 3. The standard InChI is InChI=1S/C17H13F2NO/c18-13-5-4-11(16(19)9-13)8-17(21)15-3-1-2-12-10-20-7-6-14(12)15/h1-7,9-10,17,21H,8H2. The van der Waals surface area contributed by atoms with Crippen LogP contribution in [0.3, 0.4) is 0 Å². The summed E-state index contributed by atoms with van der Waals surface area (Å²) in [7, 11) is 0. The van der Waals surface area contributed by atoms with Crippen molar-refractivity contribution in [3.05, 3.63) is 77.6 Å². The van der Waals surface area contributed by atoms with Crippen molar-refractivity contribution in [2.75, 3.05) is 0 Å². The Morgan fingerprint density at radius 1 is 1.10 bits per heavy atom. The largest absolute Gasteiger partial charge is 0.388 e. The highest BCUT2D eigenvalue weighted by Crippen LogP contribution is 2.27. The van der Waals surface area contributed by atoms with E-state index >= 15 is 0 Å². The van der Waals surface area contributed by atoms with Gasteiger partial charge in [0, 0.05) is 30.3 Å². The van der Waals surface area contributed by atoms with Crippen LogP contribution in [0.4, 0.5) is 8.78 Å². The second-order valence-electron chi connectivity index (χ2n) is 4.90. The molecule has 3 rings (SSSR count). The van der Waals surface area contributed by atoms with Crippen LogP contribution in [0.2, 0.25) is 0 Å². The average molecular weight is 285 g/mol. The fourth-order valence-electron chi connectivity index (χ4n) is 2.44. The Morgan fingerprint density at radius 2 is 1.95 bits per heavy atom. The number of nitrogens with zero attached hydrogens (tertiary/aromatic N) is 1. The first-order valence-corrected chi connectivity index (χ1v) is 6.60. The van der Waals surface area contributed by atoms with E-state index in [0.717, 1.165) is 16.8 Å². The van der Waals surface area contributed by atoms with Crippen LogP contribution in [-0.4, -0.2) is 10.1 Å². The van der Waals surface area contributed by atoms with E-state index in [1.54, 1.807) is 18.5 Å². The molecule has 1 aromatic heterocycles. The van der Waals surface area contributed by atoms with Crippen molar-refractivity contribution in [1.82, 2.24) is 4.98 Å². The molecule has 4 heteroatoms. The summed E-state index contributed by atoms with van der Waals surface area (Å²) in [6, 6.07) is 10.7. The number of pyridine rings is 1. The minimum atomic E-state index is -0.865. The summed E-state index contributed by atoms with van der Waals surface area (Å²) in [5.41, 5.74) is 0.994. The summed E-state index contributed by atoms with van der Waals surface area (Å²) in [4.78, 5) is 4.04. The first-order chi connectivity index (χ1) is 10.1. The molecular formula is C17H13F2NO. The van der Waals surface area contributed by atoms with E-state index in [0.29, 0.717) is 5.56 Å². The SMILES string of the molecule is OC(Cc1ccc(F)cc1F)c1cccc2cnccc12. The van der Waals surface area contributed by atoms with Crippen molar-refractivity contribution in [3.8, 4) is 0 Å². The molecule has 0 aliphatic heterocycles. The highest BCUT2D eigenvalue weighted by molar-refractivity contribution is 5.85. The first kappa shape index (κ1) is 13.6. The number of benzene rings is 2. The predicted octanol–water partition coefficient (Wildman–Crippen LogP) is 3.79. The highest BCUT2D eigenvalue weighted by Gasteiger charge is 2.14. The van der Waals surface area contributed by atoms with Crippen LogP contribution in [0.1, 0.15) is 17.2 Å². The van der Waals surface area contributed by atoms with Crippen molar-refractivity contribution in [3.63, 3.8) is 0 Å². The topological polar surface area (TPSA) is 33.1 Å². The fourth-order valence-corrected chi connectivity index (χ4v) is 2.44. The normalized spacial score (nSPS) is 12.5. The Kier molecular flexibility index (Phi) is 3.62. The van der Waals surface area contributed by atoms with Gasteiger partial charge in [0.1, 0.15) is 11.6 Å². The molecule has 2 aromatic carbocycles. The molecule has 0 saturated carbocycles.